The smallest absolute Gasteiger partial charge is 0.480 e. The van der Waals surface area contributed by atoms with Crippen LogP contribution in [0.5, 0.6) is 5.75 Å². The number of hydrogen-bond acceptors (Lipinski definition) is 11. The number of hydrogen-bond donors (Lipinski definition) is 0. The number of benzene rings is 1. The van der Waals surface area contributed by atoms with Gasteiger partial charge < -0.3 is 46.1 Å². The maximum atomic E-state index is 6.32. The van der Waals surface area contributed by atoms with E-state index in [0.717, 1.165) is 25.2 Å². The first-order valence-electron chi connectivity index (χ1n) is 13.1. The predicted molar refractivity (Wildman–Crippen MR) is 137 cm³/mol. The van der Waals surface area contributed by atoms with Gasteiger partial charge in [0.2, 0.25) is 0 Å². The highest BCUT2D eigenvalue weighted by molar-refractivity contribution is 6.54. The number of ether oxygens (including phenoxy) is 6. The Bertz CT molecular complexity index is 661. The second kappa shape index (κ2) is 19.0. The summed E-state index contributed by atoms with van der Waals surface area (Å²) in [5.41, 5.74) is 0.951. The molecule has 1 aromatic rings. The molecular weight excluding hydrogens is 502 g/mol. The molecule has 2 bridgehead atoms. The molecule has 3 aliphatic heterocycles. The number of nitrogens with zero attached hydrogens (tertiary/aromatic N) is 1. The van der Waals surface area contributed by atoms with Crippen molar-refractivity contribution in [2.75, 3.05) is 119 Å². The van der Waals surface area contributed by atoms with Crippen molar-refractivity contribution in [1.82, 2.24) is 4.90 Å². The van der Waals surface area contributed by atoms with Gasteiger partial charge in [-0.25, -0.2) is 0 Å². The summed E-state index contributed by atoms with van der Waals surface area (Å²) in [5, 5.41) is 0. The van der Waals surface area contributed by atoms with E-state index in [1.54, 1.807) is 0 Å². The Balaban J connectivity index is 1.71. The number of para-hydroxylation sites is 1. The van der Waals surface area contributed by atoms with Crippen LogP contribution in [0.25, 0.3) is 0 Å². The predicted octanol–water partition coefficient (Wildman–Crippen LogP) is 1.29. The Hall–Kier alpha value is -1.16. The van der Waals surface area contributed by atoms with Crippen molar-refractivity contribution in [3.05, 3.63) is 29.8 Å². The first-order chi connectivity index (χ1) is 18.3. The van der Waals surface area contributed by atoms with E-state index < -0.39 is 9.05 Å². The van der Waals surface area contributed by atoms with Gasteiger partial charge in [-0.15, -0.1) is 0 Å². The van der Waals surface area contributed by atoms with E-state index in [9.17, 15) is 0 Å². The third-order valence-corrected chi connectivity index (χ3v) is 7.76. The largest absolute Gasteiger partial charge is 0.749 e. The monoisotopic (exact) mass is 545 g/mol. The van der Waals surface area contributed by atoms with Crippen molar-refractivity contribution in [3.63, 3.8) is 0 Å². The first kappa shape index (κ1) is 30.4. The van der Waals surface area contributed by atoms with Crippen LogP contribution in [0.2, 0.25) is 0 Å². The highest BCUT2D eigenvalue weighted by Crippen LogP contribution is 2.23. The zero-order valence-corrected chi connectivity index (χ0v) is 23.1. The molecule has 3 aliphatic rings. The zero-order chi connectivity index (χ0) is 25.9. The Morgan fingerprint density at radius 2 is 0.919 bits per heavy atom. The summed E-state index contributed by atoms with van der Waals surface area (Å²) in [6.45, 7) is 10.9. The van der Waals surface area contributed by atoms with Gasteiger partial charge in [-0.3, -0.25) is 4.90 Å². The van der Waals surface area contributed by atoms with Crippen LogP contribution < -0.4 is 4.43 Å². The summed E-state index contributed by atoms with van der Waals surface area (Å²) in [4.78, 5) is 2.27. The van der Waals surface area contributed by atoms with Gasteiger partial charge in [-0.1, -0.05) is 18.2 Å². The quantitative estimate of drug-likeness (QED) is 0.397. The van der Waals surface area contributed by atoms with Gasteiger partial charge in [0.05, 0.1) is 99.1 Å². The summed E-state index contributed by atoms with van der Waals surface area (Å²) in [7, 11) is -3.62. The van der Waals surface area contributed by atoms with Crippen LogP contribution in [0.4, 0.5) is 0 Å². The normalized spacial score (nSPS) is 27.8. The van der Waals surface area contributed by atoms with Gasteiger partial charge in [0.1, 0.15) is 5.75 Å². The minimum atomic E-state index is -3.62. The van der Waals surface area contributed by atoms with Gasteiger partial charge in [0, 0.05) is 19.6 Å². The molecule has 0 spiro atoms. The second-order valence-corrected chi connectivity index (χ2v) is 10.5. The fourth-order valence-electron chi connectivity index (χ4n) is 3.58. The maximum Gasteiger partial charge on any atom is 0.749 e. The van der Waals surface area contributed by atoms with Crippen LogP contribution in [0.1, 0.15) is 5.56 Å². The van der Waals surface area contributed by atoms with Gasteiger partial charge >= 0.3 is 9.05 Å². The zero-order valence-electron chi connectivity index (χ0n) is 22.1. The molecule has 4 rings (SSSR count). The molecule has 11 nitrogen and oxygen atoms in total. The van der Waals surface area contributed by atoms with Gasteiger partial charge in [-0.05, 0) is 18.6 Å². The van der Waals surface area contributed by atoms with Gasteiger partial charge in [0.25, 0.3) is 0 Å². The highest BCUT2D eigenvalue weighted by atomic mass is 28.4. The molecular formula is C25H43NO10Si. The molecule has 0 N–H and O–H groups in total. The lowest BCUT2D eigenvalue weighted by atomic mass is 10.2. The lowest BCUT2D eigenvalue weighted by molar-refractivity contribution is -0.0497. The lowest BCUT2D eigenvalue weighted by Crippen LogP contribution is -2.54. The number of aryl methyl sites for hydroxylation is 1. The summed E-state index contributed by atoms with van der Waals surface area (Å²) in [5.74, 6) is 0.644. The van der Waals surface area contributed by atoms with Crippen LogP contribution in [0.3, 0.4) is 0 Å². The van der Waals surface area contributed by atoms with Crippen LogP contribution in [0.15, 0.2) is 24.3 Å². The molecule has 37 heavy (non-hydrogen) atoms. The SMILES string of the molecule is Cc1ccccc1O[Si]12OCCOCCOCCN(CCOCCOCCO1)CCOCCOCCO2. The van der Waals surface area contributed by atoms with E-state index >= 15 is 0 Å². The van der Waals surface area contributed by atoms with Crippen molar-refractivity contribution < 1.29 is 46.1 Å². The lowest BCUT2D eigenvalue weighted by Gasteiger charge is -2.29. The number of fused-ring (bicyclic) bond motifs is 24. The van der Waals surface area contributed by atoms with Crippen LogP contribution in [-0.4, -0.2) is 133 Å². The Labute approximate surface area is 221 Å². The van der Waals surface area contributed by atoms with E-state index in [-0.39, 0.29) is 19.8 Å². The molecule has 0 aromatic heterocycles. The molecule has 0 unspecified atom stereocenters. The maximum absolute atomic E-state index is 6.32. The van der Waals surface area contributed by atoms with Crippen LogP contribution in [-0.2, 0) is 41.7 Å². The van der Waals surface area contributed by atoms with Gasteiger partial charge in [-0.2, -0.15) is 0 Å². The number of rotatable bonds is 2. The molecule has 3 saturated heterocycles. The second-order valence-electron chi connectivity index (χ2n) is 8.43. The topological polar surface area (TPSA) is 95.5 Å². The van der Waals surface area contributed by atoms with Crippen molar-refractivity contribution in [2.45, 2.75) is 6.92 Å². The molecule has 3 fully saturated rings. The molecule has 3 heterocycles. The molecule has 0 saturated carbocycles. The summed E-state index contributed by atoms with van der Waals surface area (Å²) >= 11 is 0. The van der Waals surface area contributed by atoms with E-state index in [2.05, 4.69) is 4.90 Å². The molecule has 0 atom stereocenters. The minimum absolute atomic E-state index is 0.245. The Kier molecular flexibility index (Phi) is 15.6. The highest BCUT2D eigenvalue weighted by Gasteiger charge is 2.49. The van der Waals surface area contributed by atoms with E-state index in [1.165, 1.54) is 0 Å². The summed E-state index contributed by atoms with van der Waals surface area (Å²) < 4.78 is 59.2. The van der Waals surface area contributed by atoms with Crippen molar-refractivity contribution in [1.29, 1.82) is 0 Å². The van der Waals surface area contributed by atoms with Gasteiger partial charge in [0.15, 0.2) is 0 Å². The molecule has 0 aliphatic carbocycles. The van der Waals surface area contributed by atoms with E-state index in [1.807, 2.05) is 31.2 Å². The van der Waals surface area contributed by atoms with Crippen LogP contribution in [0, 0.1) is 6.92 Å². The average Bonchev–Trinajstić information content (AvgIpc) is 2.90. The molecule has 1 aromatic carbocycles. The van der Waals surface area contributed by atoms with E-state index in [0.29, 0.717) is 85.0 Å². The van der Waals surface area contributed by atoms with E-state index in [4.69, 9.17) is 46.1 Å². The summed E-state index contributed by atoms with van der Waals surface area (Å²) in [6.07, 6.45) is 0. The Morgan fingerprint density at radius 1 is 0.541 bits per heavy atom. The summed E-state index contributed by atoms with van der Waals surface area (Å²) in [6, 6.07) is 7.69. The van der Waals surface area contributed by atoms with Crippen molar-refractivity contribution >= 4 is 9.05 Å². The van der Waals surface area contributed by atoms with Crippen molar-refractivity contribution in [3.8, 4) is 5.75 Å². The molecule has 0 amide bonds. The third-order valence-electron chi connectivity index (χ3n) is 5.62. The fraction of sp³-hybridized carbons (Fsp3) is 0.760. The van der Waals surface area contributed by atoms with Crippen molar-refractivity contribution in [2.24, 2.45) is 0 Å². The fourth-order valence-corrected chi connectivity index (χ4v) is 5.50. The van der Waals surface area contributed by atoms with Crippen LogP contribution >= 0.6 is 0 Å². The molecule has 212 valence electrons. The molecule has 12 heteroatoms. The molecule has 0 radical (unpaired) electrons. The minimum Gasteiger partial charge on any atom is -0.480 e. The first-order valence-corrected chi connectivity index (χ1v) is 14.8. The standard InChI is InChI=1S/C25H43NO10Si/c1-24-4-2-3-5-25(24)36-37-33-21-18-30-15-12-27-9-6-26(7-10-28-13-16-31-19-22-34-37)8-11-29-14-17-32-20-23-35-37/h2-5H,6-23H2,1H3. The third kappa shape index (κ3) is 13.0. The Morgan fingerprint density at radius 3 is 1.35 bits per heavy atom. The average molecular weight is 546 g/mol.